The van der Waals surface area contributed by atoms with Crippen molar-refractivity contribution < 1.29 is 19.7 Å². The summed E-state index contributed by atoms with van der Waals surface area (Å²) < 4.78 is 11.0. The fourth-order valence-electron chi connectivity index (χ4n) is 3.44. The van der Waals surface area contributed by atoms with E-state index >= 15 is 0 Å². The van der Waals surface area contributed by atoms with Crippen molar-refractivity contribution in [3.8, 4) is 22.6 Å². The van der Waals surface area contributed by atoms with Crippen molar-refractivity contribution in [2.75, 3.05) is 25.3 Å². The molecule has 8 nitrogen and oxygen atoms in total. The molecule has 0 fully saturated rings. The summed E-state index contributed by atoms with van der Waals surface area (Å²) in [5.74, 6) is 1.92. The number of aliphatic hydroxyl groups is 2. The Morgan fingerprint density at radius 3 is 2.74 bits per heavy atom. The molecular weight excluding hydrogens is 416 g/mol. The molecule has 31 heavy (non-hydrogen) atoms. The van der Waals surface area contributed by atoms with E-state index in [0.29, 0.717) is 23.9 Å². The maximum atomic E-state index is 9.63. The number of nitrogens with zero attached hydrogens (tertiary/aromatic N) is 3. The van der Waals surface area contributed by atoms with Crippen molar-refractivity contribution in [1.29, 1.82) is 0 Å². The normalized spacial score (nSPS) is 12.6. The van der Waals surface area contributed by atoms with E-state index < -0.39 is 5.92 Å². The van der Waals surface area contributed by atoms with Gasteiger partial charge in [-0.2, -0.15) is 0 Å². The Morgan fingerprint density at radius 1 is 1.06 bits per heavy atom. The third-order valence-electron chi connectivity index (χ3n) is 5.10. The maximum absolute atomic E-state index is 9.63. The third-order valence-corrected chi connectivity index (χ3v) is 5.98. The van der Waals surface area contributed by atoms with Gasteiger partial charge in [0.05, 0.1) is 36.8 Å². The number of nitrogens with one attached hydrogen (secondary N) is 1. The van der Waals surface area contributed by atoms with Crippen molar-refractivity contribution >= 4 is 27.4 Å². The molecule has 0 unspecified atom stereocenters. The number of thiophene rings is 1. The van der Waals surface area contributed by atoms with Crippen LogP contribution in [0.15, 0.2) is 48.0 Å². The molecule has 3 aromatic heterocycles. The quantitative estimate of drug-likeness (QED) is 0.405. The number of anilines is 1. The Labute approximate surface area is 182 Å². The van der Waals surface area contributed by atoms with Crippen LogP contribution in [0.25, 0.3) is 21.3 Å². The summed E-state index contributed by atoms with van der Waals surface area (Å²) in [4.78, 5) is 14.4. The first kappa shape index (κ1) is 19.7. The molecule has 4 heterocycles. The molecule has 0 radical (unpaired) electrons. The summed E-state index contributed by atoms with van der Waals surface area (Å²) in [6.07, 6.45) is 1.74. The van der Waals surface area contributed by atoms with Crippen molar-refractivity contribution in [1.82, 2.24) is 15.0 Å². The molecule has 1 aromatic carbocycles. The monoisotopic (exact) mass is 436 g/mol. The van der Waals surface area contributed by atoms with Gasteiger partial charge in [0.15, 0.2) is 11.5 Å². The van der Waals surface area contributed by atoms with Crippen molar-refractivity contribution in [2.24, 2.45) is 0 Å². The molecule has 1 aliphatic rings. The number of pyridine rings is 1. The first-order valence-electron chi connectivity index (χ1n) is 9.81. The predicted octanol–water partition coefficient (Wildman–Crippen LogP) is 3.16. The highest BCUT2D eigenvalue weighted by Gasteiger charge is 2.21. The van der Waals surface area contributed by atoms with Crippen LogP contribution < -0.4 is 14.8 Å². The van der Waals surface area contributed by atoms with Crippen molar-refractivity contribution in [3.05, 3.63) is 59.5 Å². The third kappa shape index (κ3) is 3.78. The maximum Gasteiger partial charge on any atom is 0.231 e. The molecule has 5 rings (SSSR count). The zero-order valence-electron chi connectivity index (χ0n) is 16.5. The van der Waals surface area contributed by atoms with Crippen LogP contribution in [0, 0.1) is 0 Å². The summed E-state index contributed by atoms with van der Waals surface area (Å²) in [5, 5.41) is 25.5. The van der Waals surface area contributed by atoms with Gasteiger partial charge in [-0.1, -0.05) is 12.1 Å². The van der Waals surface area contributed by atoms with Gasteiger partial charge in [-0.05, 0) is 29.8 Å². The number of aliphatic hydroxyl groups excluding tert-OH is 2. The van der Waals surface area contributed by atoms with Crippen LogP contribution in [0.3, 0.4) is 0 Å². The van der Waals surface area contributed by atoms with E-state index in [4.69, 9.17) is 9.47 Å². The van der Waals surface area contributed by atoms with Crippen LogP contribution in [-0.4, -0.2) is 45.2 Å². The van der Waals surface area contributed by atoms with Gasteiger partial charge in [-0.15, -0.1) is 11.3 Å². The first-order valence-corrected chi connectivity index (χ1v) is 10.7. The van der Waals surface area contributed by atoms with Crippen LogP contribution in [0.4, 0.5) is 5.82 Å². The fraction of sp³-hybridized carbons (Fsp3) is 0.227. The van der Waals surface area contributed by atoms with Crippen molar-refractivity contribution in [2.45, 2.75) is 12.5 Å². The van der Waals surface area contributed by atoms with Crippen LogP contribution in [0.1, 0.15) is 17.4 Å². The van der Waals surface area contributed by atoms with E-state index in [-0.39, 0.29) is 20.0 Å². The van der Waals surface area contributed by atoms with Crippen LogP contribution in [-0.2, 0) is 6.54 Å². The molecule has 4 aromatic rings. The van der Waals surface area contributed by atoms with E-state index in [0.717, 1.165) is 32.8 Å². The Balaban J connectivity index is 1.60. The average molecular weight is 436 g/mol. The van der Waals surface area contributed by atoms with Crippen LogP contribution >= 0.6 is 11.3 Å². The lowest BCUT2D eigenvalue weighted by Gasteiger charge is -2.14. The second-order valence-electron chi connectivity index (χ2n) is 7.06. The minimum Gasteiger partial charge on any atom is -0.454 e. The van der Waals surface area contributed by atoms with Gasteiger partial charge in [-0.25, -0.2) is 9.97 Å². The summed E-state index contributed by atoms with van der Waals surface area (Å²) >= 11 is 1.49. The highest BCUT2D eigenvalue weighted by atomic mass is 32.1. The van der Waals surface area contributed by atoms with E-state index in [1.165, 1.54) is 11.3 Å². The minimum absolute atomic E-state index is 0.218. The molecule has 158 valence electrons. The van der Waals surface area contributed by atoms with Crippen LogP contribution in [0.2, 0.25) is 0 Å². The summed E-state index contributed by atoms with van der Waals surface area (Å²) in [6, 6.07) is 11.6. The number of rotatable bonds is 7. The molecule has 0 spiro atoms. The van der Waals surface area contributed by atoms with Crippen LogP contribution in [0.5, 0.6) is 11.5 Å². The number of hydrogen-bond donors (Lipinski definition) is 3. The highest BCUT2D eigenvalue weighted by Crippen LogP contribution is 2.41. The molecule has 0 saturated heterocycles. The Morgan fingerprint density at radius 2 is 1.94 bits per heavy atom. The van der Waals surface area contributed by atoms with E-state index in [1.807, 2.05) is 41.8 Å². The zero-order chi connectivity index (χ0) is 21.2. The second-order valence-corrected chi connectivity index (χ2v) is 7.92. The number of benzene rings is 1. The van der Waals surface area contributed by atoms with Gasteiger partial charge in [0.25, 0.3) is 0 Å². The molecule has 1 aliphatic heterocycles. The molecule has 0 atom stereocenters. The van der Waals surface area contributed by atoms with Gasteiger partial charge >= 0.3 is 0 Å². The number of ether oxygens (including phenoxy) is 2. The lowest BCUT2D eigenvalue weighted by Crippen LogP contribution is -2.14. The number of fused-ring (bicyclic) bond motifs is 2. The van der Waals surface area contributed by atoms with Gasteiger partial charge < -0.3 is 25.0 Å². The van der Waals surface area contributed by atoms with E-state index in [9.17, 15) is 10.2 Å². The molecule has 9 heteroatoms. The number of aromatic nitrogens is 3. The van der Waals surface area contributed by atoms with E-state index in [2.05, 4.69) is 20.3 Å². The van der Waals surface area contributed by atoms with Gasteiger partial charge in [0, 0.05) is 17.1 Å². The molecule has 0 bridgehead atoms. The minimum atomic E-state index is -0.545. The van der Waals surface area contributed by atoms with E-state index in [1.54, 1.807) is 6.20 Å². The topological polar surface area (TPSA) is 110 Å². The molecular formula is C22H20N4O4S. The highest BCUT2D eigenvalue weighted by molar-refractivity contribution is 7.17. The SMILES string of the molecule is OCC(CO)c1nc(NCc2ccccn2)c2c(-c3ccc4c(c3)OCO4)csc2n1. The largest absolute Gasteiger partial charge is 0.454 e. The summed E-state index contributed by atoms with van der Waals surface area (Å²) in [6.45, 7) is 0.228. The standard InChI is InChI=1S/C22H20N4O4S/c27-9-14(10-28)20-25-21(24-8-15-3-1-2-6-23-15)19-16(11-31-22(19)26-20)13-4-5-17-18(7-13)30-12-29-17/h1-7,11,14,27-28H,8-10,12H2,(H,24,25,26). The Hall–Kier alpha value is -3.27. The molecule has 0 saturated carbocycles. The Kier molecular flexibility index (Phi) is 5.37. The summed E-state index contributed by atoms with van der Waals surface area (Å²) in [7, 11) is 0. The zero-order valence-corrected chi connectivity index (χ0v) is 17.3. The molecule has 0 aliphatic carbocycles. The predicted molar refractivity (Wildman–Crippen MR) is 117 cm³/mol. The second kappa shape index (κ2) is 8.46. The molecule has 3 N–H and O–H groups in total. The lowest BCUT2D eigenvalue weighted by atomic mass is 10.0. The van der Waals surface area contributed by atoms with Gasteiger partial charge in [0.1, 0.15) is 16.5 Å². The Bertz CT molecular complexity index is 1210. The molecule has 0 amide bonds. The summed E-state index contributed by atoms with van der Waals surface area (Å²) in [5.41, 5.74) is 2.81. The average Bonchev–Trinajstić information content (AvgIpc) is 3.45. The number of hydrogen-bond acceptors (Lipinski definition) is 9. The van der Waals surface area contributed by atoms with Gasteiger partial charge in [0.2, 0.25) is 6.79 Å². The fourth-order valence-corrected chi connectivity index (χ4v) is 4.40. The van der Waals surface area contributed by atoms with Gasteiger partial charge in [-0.3, -0.25) is 4.98 Å². The lowest BCUT2D eigenvalue weighted by molar-refractivity contribution is 0.174. The smallest absolute Gasteiger partial charge is 0.231 e. The first-order chi connectivity index (χ1) is 15.3. The van der Waals surface area contributed by atoms with Crippen molar-refractivity contribution in [3.63, 3.8) is 0 Å².